The van der Waals surface area contributed by atoms with Crippen molar-refractivity contribution in [2.75, 3.05) is 13.1 Å². The van der Waals surface area contributed by atoms with E-state index < -0.39 is 5.91 Å². The third kappa shape index (κ3) is 2.81. The molecule has 0 aliphatic carbocycles. The van der Waals surface area contributed by atoms with Crippen molar-refractivity contribution in [3.8, 4) is 0 Å². The Morgan fingerprint density at radius 3 is 2.75 bits per heavy atom. The van der Waals surface area contributed by atoms with Gasteiger partial charge in [-0.25, -0.2) is 0 Å². The van der Waals surface area contributed by atoms with Gasteiger partial charge in [0.15, 0.2) is 0 Å². The highest BCUT2D eigenvalue weighted by Gasteiger charge is 2.07. The number of amides is 1. The van der Waals surface area contributed by atoms with E-state index in [-0.39, 0.29) is 12.4 Å². The predicted molar refractivity (Wildman–Crippen MR) is 65.5 cm³/mol. The standard InChI is InChI=1S/C11H13N3O.ClH/c12-11(15)10-2-1-9(7-14-10)8-3-5-13-6-4-8;/h1-3,7,13H,4-6H2,(H2,12,15);1H. The second-order valence-electron chi connectivity index (χ2n) is 3.48. The van der Waals surface area contributed by atoms with E-state index in [0.717, 1.165) is 25.1 Å². The van der Waals surface area contributed by atoms with Gasteiger partial charge < -0.3 is 11.1 Å². The molecule has 0 aromatic carbocycles. The first-order valence-electron chi connectivity index (χ1n) is 4.93. The van der Waals surface area contributed by atoms with E-state index in [0.29, 0.717) is 5.69 Å². The number of nitrogens with zero attached hydrogens (tertiary/aromatic N) is 1. The van der Waals surface area contributed by atoms with E-state index in [9.17, 15) is 4.79 Å². The van der Waals surface area contributed by atoms with Crippen LogP contribution in [0.25, 0.3) is 5.57 Å². The smallest absolute Gasteiger partial charge is 0.267 e. The maximum Gasteiger partial charge on any atom is 0.267 e. The first-order chi connectivity index (χ1) is 7.27. The van der Waals surface area contributed by atoms with Crippen LogP contribution in [0.15, 0.2) is 24.4 Å². The van der Waals surface area contributed by atoms with Gasteiger partial charge in [-0.05, 0) is 30.2 Å². The third-order valence-electron chi connectivity index (χ3n) is 2.45. The fourth-order valence-electron chi connectivity index (χ4n) is 1.61. The number of pyridine rings is 1. The molecule has 1 aliphatic rings. The molecule has 0 fully saturated rings. The molecular weight excluding hydrogens is 226 g/mol. The Kier molecular flexibility index (Phi) is 4.46. The number of rotatable bonds is 2. The van der Waals surface area contributed by atoms with Gasteiger partial charge in [0.2, 0.25) is 0 Å². The Bertz CT molecular complexity index is 400. The van der Waals surface area contributed by atoms with Gasteiger partial charge in [0.1, 0.15) is 5.69 Å². The fourth-order valence-corrected chi connectivity index (χ4v) is 1.61. The van der Waals surface area contributed by atoms with Crippen LogP contribution in [0.3, 0.4) is 0 Å². The van der Waals surface area contributed by atoms with Crippen LogP contribution in [0.1, 0.15) is 22.5 Å². The number of primary amides is 1. The minimum absolute atomic E-state index is 0. The SMILES string of the molecule is Cl.NC(=O)c1ccc(C2=CCNCC2)cn1. The maximum atomic E-state index is 10.8. The summed E-state index contributed by atoms with van der Waals surface area (Å²) < 4.78 is 0. The van der Waals surface area contributed by atoms with Gasteiger partial charge >= 0.3 is 0 Å². The molecule has 0 saturated carbocycles. The molecule has 0 bridgehead atoms. The molecule has 0 atom stereocenters. The molecule has 1 amide bonds. The molecule has 2 rings (SSSR count). The van der Waals surface area contributed by atoms with Gasteiger partial charge in [0.25, 0.3) is 5.91 Å². The zero-order valence-electron chi connectivity index (χ0n) is 8.77. The highest BCUT2D eigenvalue weighted by molar-refractivity contribution is 5.90. The van der Waals surface area contributed by atoms with E-state index in [4.69, 9.17) is 5.73 Å². The molecule has 0 radical (unpaired) electrons. The molecule has 1 aromatic heterocycles. The van der Waals surface area contributed by atoms with E-state index >= 15 is 0 Å². The summed E-state index contributed by atoms with van der Waals surface area (Å²) in [6.07, 6.45) is 4.85. The Morgan fingerprint density at radius 2 is 2.25 bits per heavy atom. The zero-order chi connectivity index (χ0) is 10.7. The second-order valence-corrected chi connectivity index (χ2v) is 3.48. The number of hydrogen-bond donors (Lipinski definition) is 2. The predicted octanol–water partition coefficient (Wildman–Crippen LogP) is 0.979. The van der Waals surface area contributed by atoms with Crippen LogP contribution in [0, 0.1) is 0 Å². The van der Waals surface area contributed by atoms with Crippen molar-refractivity contribution in [1.29, 1.82) is 0 Å². The van der Waals surface area contributed by atoms with Gasteiger partial charge in [0, 0.05) is 12.7 Å². The molecule has 4 nitrogen and oxygen atoms in total. The van der Waals surface area contributed by atoms with Crippen LogP contribution in [0.4, 0.5) is 0 Å². The van der Waals surface area contributed by atoms with Gasteiger partial charge in [0.05, 0.1) is 0 Å². The minimum Gasteiger partial charge on any atom is -0.364 e. The van der Waals surface area contributed by atoms with Crippen LogP contribution in [0.2, 0.25) is 0 Å². The number of hydrogen-bond acceptors (Lipinski definition) is 3. The monoisotopic (exact) mass is 239 g/mol. The van der Waals surface area contributed by atoms with E-state index in [2.05, 4.69) is 16.4 Å². The van der Waals surface area contributed by atoms with Crippen LogP contribution in [0.5, 0.6) is 0 Å². The van der Waals surface area contributed by atoms with Gasteiger partial charge in [-0.2, -0.15) is 0 Å². The van der Waals surface area contributed by atoms with Gasteiger partial charge in [-0.15, -0.1) is 12.4 Å². The number of carbonyl (C=O) groups excluding carboxylic acids is 1. The molecule has 16 heavy (non-hydrogen) atoms. The molecule has 0 unspecified atom stereocenters. The molecule has 1 aromatic rings. The summed E-state index contributed by atoms with van der Waals surface area (Å²) in [5, 5.41) is 3.24. The topological polar surface area (TPSA) is 68.0 Å². The molecule has 2 heterocycles. The van der Waals surface area contributed by atoms with Crippen molar-refractivity contribution in [3.63, 3.8) is 0 Å². The van der Waals surface area contributed by atoms with Gasteiger partial charge in [-0.3, -0.25) is 9.78 Å². The summed E-state index contributed by atoms with van der Waals surface area (Å²) in [6, 6.07) is 3.56. The lowest BCUT2D eigenvalue weighted by Crippen LogP contribution is -2.20. The average Bonchev–Trinajstić information content (AvgIpc) is 2.30. The lowest BCUT2D eigenvalue weighted by atomic mass is 10.0. The summed E-state index contributed by atoms with van der Waals surface area (Å²) >= 11 is 0. The van der Waals surface area contributed by atoms with Crippen molar-refractivity contribution in [1.82, 2.24) is 10.3 Å². The average molecular weight is 240 g/mol. The van der Waals surface area contributed by atoms with Crippen LogP contribution < -0.4 is 11.1 Å². The summed E-state index contributed by atoms with van der Waals surface area (Å²) in [7, 11) is 0. The third-order valence-corrected chi connectivity index (χ3v) is 2.45. The molecule has 0 saturated heterocycles. The minimum atomic E-state index is -0.485. The van der Waals surface area contributed by atoms with Crippen LogP contribution in [-0.4, -0.2) is 24.0 Å². The van der Waals surface area contributed by atoms with E-state index in [1.807, 2.05) is 6.07 Å². The molecule has 86 valence electrons. The van der Waals surface area contributed by atoms with Crippen molar-refractivity contribution < 1.29 is 4.79 Å². The molecular formula is C11H14ClN3O. The number of aromatic nitrogens is 1. The molecule has 0 spiro atoms. The largest absolute Gasteiger partial charge is 0.364 e. The normalized spacial score (nSPS) is 14.9. The first kappa shape index (κ1) is 12.7. The summed E-state index contributed by atoms with van der Waals surface area (Å²) in [5.74, 6) is -0.485. The Hall–Kier alpha value is -1.39. The molecule has 1 aliphatic heterocycles. The van der Waals surface area contributed by atoms with Crippen molar-refractivity contribution in [2.24, 2.45) is 5.73 Å². The highest BCUT2D eigenvalue weighted by atomic mass is 35.5. The lowest BCUT2D eigenvalue weighted by Gasteiger charge is -2.13. The zero-order valence-corrected chi connectivity index (χ0v) is 9.59. The summed E-state index contributed by atoms with van der Waals surface area (Å²) in [4.78, 5) is 14.8. The number of nitrogens with one attached hydrogen (secondary N) is 1. The molecule has 5 heteroatoms. The van der Waals surface area contributed by atoms with E-state index in [1.54, 1.807) is 12.3 Å². The first-order valence-corrected chi connectivity index (χ1v) is 4.93. The summed E-state index contributed by atoms with van der Waals surface area (Å²) in [6.45, 7) is 1.89. The van der Waals surface area contributed by atoms with E-state index in [1.165, 1.54) is 5.57 Å². The van der Waals surface area contributed by atoms with Crippen LogP contribution in [-0.2, 0) is 0 Å². The van der Waals surface area contributed by atoms with Gasteiger partial charge in [-0.1, -0.05) is 12.1 Å². The second kappa shape index (κ2) is 5.63. The summed E-state index contributed by atoms with van der Waals surface area (Å²) in [5.41, 5.74) is 7.78. The Labute approximate surface area is 100 Å². The number of nitrogens with two attached hydrogens (primary N) is 1. The highest BCUT2D eigenvalue weighted by Crippen LogP contribution is 2.18. The van der Waals surface area contributed by atoms with Crippen LogP contribution >= 0.6 is 12.4 Å². The van der Waals surface area contributed by atoms with Crippen molar-refractivity contribution >= 4 is 23.9 Å². The fraction of sp³-hybridized carbons (Fsp3) is 0.273. The quantitative estimate of drug-likeness (QED) is 0.809. The van der Waals surface area contributed by atoms with Crippen molar-refractivity contribution in [2.45, 2.75) is 6.42 Å². The Morgan fingerprint density at radius 1 is 1.44 bits per heavy atom. The maximum absolute atomic E-state index is 10.8. The Balaban J connectivity index is 0.00000128. The van der Waals surface area contributed by atoms with Crippen molar-refractivity contribution in [3.05, 3.63) is 35.7 Å². The number of carbonyl (C=O) groups is 1. The number of halogens is 1. The lowest BCUT2D eigenvalue weighted by molar-refractivity contribution is 0.0995. The molecule has 3 N–H and O–H groups in total.